The van der Waals surface area contributed by atoms with Crippen LogP contribution in [0.15, 0.2) is 47.0 Å². The molecule has 2 aromatic carbocycles. The first-order chi connectivity index (χ1) is 14.1. The van der Waals surface area contributed by atoms with Crippen molar-refractivity contribution in [2.24, 2.45) is 5.73 Å². The summed E-state index contributed by atoms with van der Waals surface area (Å²) in [7, 11) is -3.35. The lowest BCUT2D eigenvalue weighted by Crippen LogP contribution is -2.46. The summed E-state index contributed by atoms with van der Waals surface area (Å²) in [5.74, 6) is -0.462. The number of halogens is 1. The molecule has 0 saturated carbocycles. The highest BCUT2D eigenvalue weighted by Gasteiger charge is 2.48. The highest BCUT2D eigenvalue weighted by Crippen LogP contribution is 2.42. The van der Waals surface area contributed by atoms with Crippen molar-refractivity contribution in [3.05, 3.63) is 58.2 Å². The molecule has 0 aromatic heterocycles. The predicted octanol–water partition coefficient (Wildman–Crippen LogP) is 3.08. The van der Waals surface area contributed by atoms with E-state index in [2.05, 4.69) is 5.32 Å². The van der Waals surface area contributed by atoms with Gasteiger partial charge in [0.25, 0.3) is 0 Å². The fourth-order valence-corrected chi connectivity index (χ4v) is 5.00. The summed E-state index contributed by atoms with van der Waals surface area (Å²) in [5.41, 5.74) is 9.06. The summed E-state index contributed by atoms with van der Waals surface area (Å²) in [6, 6.07) is 10.1. The van der Waals surface area contributed by atoms with Crippen LogP contribution in [0.5, 0.6) is 0 Å². The minimum atomic E-state index is -3.35. The lowest BCUT2D eigenvalue weighted by molar-refractivity contribution is -0.146. The van der Waals surface area contributed by atoms with E-state index in [-0.39, 0.29) is 4.90 Å². The smallest absolute Gasteiger partial charge is 0.341 e. The Bertz CT molecular complexity index is 1180. The SMILES string of the molecule is Cc1cc(-c2cccc(S(C)(=O)=O)c2)c(Cl)cc1C1=C(N)C2(CCC[N]C2)OC1=O. The topological polar surface area (TPSA) is 101 Å². The molecule has 0 amide bonds. The van der Waals surface area contributed by atoms with Crippen molar-refractivity contribution in [1.29, 1.82) is 0 Å². The van der Waals surface area contributed by atoms with Gasteiger partial charge in [0.15, 0.2) is 15.4 Å². The van der Waals surface area contributed by atoms with Crippen LogP contribution in [0.2, 0.25) is 5.02 Å². The van der Waals surface area contributed by atoms with E-state index in [1.54, 1.807) is 30.3 Å². The van der Waals surface area contributed by atoms with Crippen LogP contribution >= 0.6 is 11.6 Å². The minimum absolute atomic E-state index is 0.215. The molecule has 157 valence electrons. The molecular formula is C22H22ClN2O4S. The van der Waals surface area contributed by atoms with Gasteiger partial charge in [-0.25, -0.2) is 18.5 Å². The van der Waals surface area contributed by atoms with Gasteiger partial charge >= 0.3 is 5.97 Å². The first kappa shape index (κ1) is 20.9. The van der Waals surface area contributed by atoms with Crippen LogP contribution in [-0.4, -0.2) is 39.3 Å². The average Bonchev–Trinajstić information content (AvgIpc) is 2.93. The Morgan fingerprint density at radius 1 is 1.20 bits per heavy atom. The number of carbonyl (C=O) groups excluding carboxylic acids is 1. The summed E-state index contributed by atoms with van der Waals surface area (Å²) < 4.78 is 29.5. The van der Waals surface area contributed by atoms with Crippen LogP contribution in [0.25, 0.3) is 16.7 Å². The van der Waals surface area contributed by atoms with Crippen LogP contribution < -0.4 is 11.1 Å². The molecule has 0 bridgehead atoms. The zero-order valence-electron chi connectivity index (χ0n) is 16.7. The molecular weight excluding hydrogens is 424 g/mol. The fourth-order valence-electron chi connectivity index (χ4n) is 4.06. The Hall–Kier alpha value is -2.35. The maximum absolute atomic E-state index is 12.7. The minimum Gasteiger partial charge on any atom is -0.448 e. The number of carbonyl (C=O) groups is 1. The Labute approximate surface area is 181 Å². The van der Waals surface area contributed by atoms with Crippen molar-refractivity contribution in [2.45, 2.75) is 30.3 Å². The highest BCUT2D eigenvalue weighted by atomic mass is 35.5. The molecule has 4 rings (SSSR count). The van der Waals surface area contributed by atoms with E-state index in [9.17, 15) is 13.2 Å². The number of nitrogens with zero attached hydrogens (tertiary/aromatic N) is 1. The largest absolute Gasteiger partial charge is 0.448 e. The van der Waals surface area contributed by atoms with Crippen LogP contribution in [0.1, 0.15) is 24.0 Å². The Kier molecular flexibility index (Phi) is 5.16. The second-order valence-corrected chi connectivity index (χ2v) is 10.3. The van der Waals surface area contributed by atoms with Crippen molar-refractivity contribution in [3.63, 3.8) is 0 Å². The molecule has 2 aliphatic rings. The lowest BCUT2D eigenvalue weighted by Gasteiger charge is -2.32. The molecule has 1 atom stereocenters. The van der Waals surface area contributed by atoms with E-state index in [4.69, 9.17) is 22.1 Å². The molecule has 1 fully saturated rings. The van der Waals surface area contributed by atoms with Crippen LogP contribution in [0.4, 0.5) is 0 Å². The van der Waals surface area contributed by atoms with Crippen molar-refractivity contribution in [3.8, 4) is 11.1 Å². The van der Waals surface area contributed by atoms with Gasteiger partial charge in [0.05, 0.1) is 22.7 Å². The molecule has 1 saturated heterocycles. The van der Waals surface area contributed by atoms with Gasteiger partial charge in [0.2, 0.25) is 0 Å². The number of hydrogen-bond donors (Lipinski definition) is 1. The number of benzene rings is 2. The fraction of sp³-hybridized carbons (Fsp3) is 0.318. The number of ether oxygens (including phenoxy) is 1. The lowest BCUT2D eigenvalue weighted by atomic mass is 9.87. The third-order valence-corrected chi connectivity index (χ3v) is 7.10. The number of sulfone groups is 1. The Morgan fingerprint density at radius 2 is 1.97 bits per heavy atom. The molecule has 6 nitrogen and oxygen atoms in total. The number of nitrogens with two attached hydrogens (primary N) is 1. The van der Waals surface area contributed by atoms with Gasteiger partial charge in [-0.2, -0.15) is 0 Å². The molecule has 1 spiro atoms. The van der Waals surface area contributed by atoms with Gasteiger partial charge < -0.3 is 10.5 Å². The second-order valence-electron chi connectivity index (χ2n) is 7.83. The highest BCUT2D eigenvalue weighted by molar-refractivity contribution is 7.90. The summed E-state index contributed by atoms with van der Waals surface area (Å²) in [6.07, 6.45) is 2.63. The molecule has 30 heavy (non-hydrogen) atoms. The number of hydrogen-bond acceptors (Lipinski definition) is 5. The molecule has 2 aliphatic heterocycles. The molecule has 2 aromatic rings. The molecule has 2 heterocycles. The van der Waals surface area contributed by atoms with Gasteiger partial charge in [-0.1, -0.05) is 23.7 Å². The van der Waals surface area contributed by atoms with E-state index in [1.807, 2.05) is 13.0 Å². The van der Waals surface area contributed by atoms with E-state index in [0.717, 1.165) is 24.8 Å². The number of rotatable bonds is 3. The summed E-state index contributed by atoms with van der Waals surface area (Å²) in [5, 5.41) is 4.77. The van der Waals surface area contributed by atoms with Crippen molar-refractivity contribution >= 4 is 33.0 Å². The van der Waals surface area contributed by atoms with E-state index in [0.29, 0.717) is 45.9 Å². The second kappa shape index (κ2) is 7.41. The third-order valence-electron chi connectivity index (χ3n) is 5.67. The summed E-state index contributed by atoms with van der Waals surface area (Å²) in [4.78, 5) is 12.9. The quantitative estimate of drug-likeness (QED) is 0.731. The van der Waals surface area contributed by atoms with Crippen molar-refractivity contribution < 1.29 is 17.9 Å². The van der Waals surface area contributed by atoms with Gasteiger partial charge in [0, 0.05) is 23.4 Å². The Balaban J connectivity index is 1.80. The van der Waals surface area contributed by atoms with Crippen LogP contribution in [0.3, 0.4) is 0 Å². The van der Waals surface area contributed by atoms with E-state index < -0.39 is 21.4 Å². The standard InChI is InChI=1S/C22H22ClN2O4S/c1-13-9-17(14-5-3-6-15(10-14)30(2,27)28)18(23)11-16(13)19-20(24)22(29-21(19)26)7-4-8-25-12-22/h3,5-6,9-11H,4,7-8,12,24H2,1-2H3. The summed E-state index contributed by atoms with van der Waals surface area (Å²) in [6.45, 7) is 2.98. The van der Waals surface area contributed by atoms with E-state index >= 15 is 0 Å². The number of piperidine rings is 1. The van der Waals surface area contributed by atoms with E-state index in [1.165, 1.54) is 0 Å². The van der Waals surface area contributed by atoms with Gasteiger partial charge in [0.1, 0.15) is 0 Å². The van der Waals surface area contributed by atoms with Crippen molar-refractivity contribution in [1.82, 2.24) is 5.32 Å². The monoisotopic (exact) mass is 445 g/mol. The molecule has 8 heteroatoms. The first-order valence-electron chi connectivity index (χ1n) is 9.60. The maximum Gasteiger partial charge on any atom is 0.341 e. The zero-order chi connectivity index (χ0) is 21.7. The number of aryl methyl sites for hydroxylation is 1. The summed E-state index contributed by atoms with van der Waals surface area (Å²) >= 11 is 6.57. The average molecular weight is 446 g/mol. The van der Waals surface area contributed by atoms with Crippen LogP contribution in [0, 0.1) is 6.92 Å². The van der Waals surface area contributed by atoms with Gasteiger partial charge in [-0.05, 0) is 60.7 Å². The van der Waals surface area contributed by atoms with Crippen LogP contribution in [-0.2, 0) is 19.4 Å². The first-order valence-corrected chi connectivity index (χ1v) is 11.9. The maximum atomic E-state index is 12.7. The van der Waals surface area contributed by atoms with Gasteiger partial charge in [-0.3, -0.25) is 0 Å². The van der Waals surface area contributed by atoms with Crippen molar-refractivity contribution in [2.75, 3.05) is 19.3 Å². The molecule has 0 aliphatic carbocycles. The predicted molar refractivity (Wildman–Crippen MR) is 116 cm³/mol. The Morgan fingerprint density at radius 3 is 2.63 bits per heavy atom. The molecule has 2 N–H and O–H groups in total. The third kappa shape index (κ3) is 3.51. The normalized spacial score (nSPS) is 21.9. The molecule has 1 unspecified atom stereocenters. The number of esters is 1. The zero-order valence-corrected chi connectivity index (χ0v) is 18.3. The van der Waals surface area contributed by atoms with Gasteiger partial charge in [-0.15, -0.1) is 0 Å². The molecule has 1 radical (unpaired) electrons.